The Morgan fingerprint density at radius 2 is 2.42 bits per heavy atom. The first-order chi connectivity index (χ1) is 9.10. The van der Waals surface area contributed by atoms with Crippen LogP contribution in [0.2, 0.25) is 5.02 Å². The topological polar surface area (TPSA) is 70.6 Å². The van der Waals surface area contributed by atoms with Gasteiger partial charge in [0.2, 0.25) is 5.91 Å². The Kier molecular flexibility index (Phi) is 4.63. The predicted molar refractivity (Wildman–Crippen MR) is 72.3 cm³/mol. The van der Waals surface area contributed by atoms with Crippen molar-refractivity contribution in [2.45, 2.75) is 25.1 Å². The largest absolute Gasteiger partial charge is 0.495 e. The molecule has 5 nitrogen and oxygen atoms in total. The number of aliphatic hydroxyl groups excluding tert-OH is 1. The zero-order valence-corrected chi connectivity index (χ0v) is 11.4. The summed E-state index contributed by atoms with van der Waals surface area (Å²) in [5.74, 6) is 0.501. The summed E-state index contributed by atoms with van der Waals surface area (Å²) < 4.78 is 5.06. The fraction of sp³-hybridized carbons (Fsp3) is 0.462. The summed E-state index contributed by atoms with van der Waals surface area (Å²) in [6.07, 6.45) is 0.0149. The van der Waals surface area contributed by atoms with E-state index in [1.54, 1.807) is 19.2 Å². The van der Waals surface area contributed by atoms with Crippen LogP contribution in [0.3, 0.4) is 0 Å². The van der Waals surface area contributed by atoms with Gasteiger partial charge in [-0.05, 0) is 24.1 Å². The number of hydrogen-bond acceptors (Lipinski definition) is 4. The van der Waals surface area contributed by atoms with Gasteiger partial charge < -0.3 is 20.5 Å². The summed E-state index contributed by atoms with van der Waals surface area (Å²) in [6, 6.07) is 5.06. The van der Waals surface area contributed by atoms with Gasteiger partial charge >= 0.3 is 0 Å². The maximum Gasteiger partial charge on any atom is 0.237 e. The Morgan fingerprint density at radius 1 is 1.63 bits per heavy atom. The zero-order valence-electron chi connectivity index (χ0n) is 10.6. The van der Waals surface area contributed by atoms with Gasteiger partial charge in [0.05, 0.1) is 24.3 Å². The van der Waals surface area contributed by atoms with Crippen molar-refractivity contribution in [3.63, 3.8) is 0 Å². The first-order valence-electron chi connectivity index (χ1n) is 6.11. The van der Waals surface area contributed by atoms with Crippen molar-refractivity contribution < 1.29 is 14.6 Å². The lowest BCUT2D eigenvalue weighted by Crippen LogP contribution is -2.39. The van der Waals surface area contributed by atoms with Crippen LogP contribution in [0, 0.1) is 0 Å². The maximum atomic E-state index is 11.8. The Labute approximate surface area is 116 Å². The van der Waals surface area contributed by atoms with Crippen molar-refractivity contribution in [3.8, 4) is 5.75 Å². The lowest BCUT2D eigenvalue weighted by atomic mass is 10.1. The third-order valence-electron chi connectivity index (χ3n) is 3.11. The van der Waals surface area contributed by atoms with Crippen LogP contribution in [-0.2, 0) is 11.3 Å². The van der Waals surface area contributed by atoms with Crippen molar-refractivity contribution >= 4 is 17.5 Å². The third-order valence-corrected chi connectivity index (χ3v) is 3.40. The molecule has 1 heterocycles. The molecule has 19 heavy (non-hydrogen) atoms. The van der Waals surface area contributed by atoms with Crippen LogP contribution in [0.25, 0.3) is 0 Å². The molecule has 0 spiro atoms. The van der Waals surface area contributed by atoms with Crippen LogP contribution in [0.5, 0.6) is 5.75 Å². The van der Waals surface area contributed by atoms with Crippen molar-refractivity contribution in [1.82, 2.24) is 10.6 Å². The van der Waals surface area contributed by atoms with E-state index in [2.05, 4.69) is 10.6 Å². The fourth-order valence-corrected chi connectivity index (χ4v) is 2.33. The second kappa shape index (κ2) is 6.23. The highest BCUT2D eigenvalue weighted by Crippen LogP contribution is 2.24. The first-order valence-corrected chi connectivity index (χ1v) is 6.49. The number of ether oxygens (including phenoxy) is 1. The van der Waals surface area contributed by atoms with Gasteiger partial charge in [0.25, 0.3) is 0 Å². The van der Waals surface area contributed by atoms with Gasteiger partial charge in [-0.25, -0.2) is 0 Å². The lowest BCUT2D eigenvalue weighted by molar-refractivity contribution is -0.123. The Morgan fingerprint density at radius 3 is 3.00 bits per heavy atom. The predicted octanol–water partition coefficient (Wildman–Crippen LogP) is 0.688. The van der Waals surface area contributed by atoms with Crippen molar-refractivity contribution in [2.75, 3.05) is 13.7 Å². The standard InChI is InChI=1S/C13H17ClN2O3/c1-19-12-3-2-8(4-10(12)14)6-16-13(18)11-5-9(17)7-15-11/h2-4,9,11,15,17H,5-7H2,1H3,(H,16,18). The van der Waals surface area contributed by atoms with Crippen LogP contribution in [0.1, 0.15) is 12.0 Å². The molecule has 1 aliphatic heterocycles. The second-order valence-electron chi connectivity index (χ2n) is 4.54. The van der Waals surface area contributed by atoms with Crippen LogP contribution >= 0.6 is 11.6 Å². The first kappa shape index (κ1) is 14.1. The van der Waals surface area contributed by atoms with Gasteiger partial charge in [-0.15, -0.1) is 0 Å². The highest BCUT2D eigenvalue weighted by atomic mass is 35.5. The van der Waals surface area contributed by atoms with Crippen molar-refractivity contribution in [1.29, 1.82) is 0 Å². The van der Waals surface area contributed by atoms with Gasteiger partial charge in [0.1, 0.15) is 5.75 Å². The van der Waals surface area contributed by atoms with Gasteiger partial charge in [-0.1, -0.05) is 17.7 Å². The molecule has 0 aromatic heterocycles. The number of carbonyl (C=O) groups excluding carboxylic acids is 1. The minimum atomic E-state index is -0.439. The molecule has 2 atom stereocenters. The SMILES string of the molecule is COc1ccc(CNC(=O)C2CC(O)CN2)cc1Cl. The fourth-order valence-electron chi connectivity index (χ4n) is 2.05. The second-order valence-corrected chi connectivity index (χ2v) is 4.94. The molecule has 0 saturated carbocycles. The molecule has 1 amide bonds. The molecule has 0 radical (unpaired) electrons. The Bertz CT molecular complexity index is 467. The number of carbonyl (C=O) groups is 1. The highest BCUT2D eigenvalue weighted by molar-refractivity contribution is 6.32. The molecule has 6 heteroatoms. The number of benzene rings is 1. The summed E-state index contributed by atoms with van der Waals surface area (Å²) >= 11 is 6.01. The Balaban J connectivity index is 1.88. The number of halogens is 1. The molecule has 0 bridgehead atoms. The summed E-state index contributed by atoms with van der Waals surface area (Å²) in [7, 11) is 1.56. The molecule has 1 fully saturated rings. The van der Waals surface area contributed by atoms with Gasteiger partial charge in [0, 0.05) is 13.1 Å². The van der Waals surface area contributed by atoms with E-state index in [4.69, 9.17) is 16.3 Å². The zero-order chi connectivity index (χ0) is 13.8. The molecule has 3 N–H and O–H groups in total. The molecule has 1 aromatic rings. The average Bonchev–Trinajstić information content (AvgIpc) is 2.83. The molecule has 1 aliphatic rings. The lowest BCUT2D eigenvalue weighted by Gasteiger charge is -2.11. The number of amides is 1. The summed E-state index contributed by atoms with van der Waals surface area (Å²) in [4.78, 5) is 11.8. The number of nitrogens with one attached hydrogen (secondary N) is 2. The van der Waals surface area contributed by atoms with E-state index in [0.717, 1.165) is 5.56 Å². The number of methoxy groups -OCH3 is 1. The quantitative estimate of drug-likeness (QED) is 0.761. The van der Waals surface area contributed by atoms with E-state index in [1.165, 1.54) is 0 Å². The number of rotatable bonds is 4. The number of β-amino-alcohol motifs (C(OH)–C–C–N with tert-alkyl or cyclic N) is 1. The van der Waals surface area contributed by atoms with Crippen LogP contribution in [-0.4, -0.2) is 36.8 Å². The van der Waals surface area contributed by atoms with Gasteiger partial charge in [-0.2, -0.15) is 0 Å². The highest BCUT2D eigenvalue weighted by Gasteiger charge is 2.27. The molecule has 1 saturated heterocycles. The van der Waals surface area contributed by atoms with Crippen molar-refractivity contribution in [3.05, 3.63) is 28.8 Å². The molecular formula is C13H17ClN2O3. The summed E-state index contributed by atoms with van der Waals surface area (Å²) in [5, 5.41) is 15.6. The third kappa shape index (κ3) is 3.59. The van der Waals surface area contributed by atoms with Crippen molar-refractivity contribution in [2.24, 2.45) is 0 Å². The molecule has 0 aliphatic carbocycles. The minimum absolute atomic E-state index is 0.108. The summed E-state index contributed by atoms with van der Waals surface area (Å²) in [5.41, 5.74) is 0.901. The monoisotopic (exact) mass is 284 g/mol. The molecule has 2 rings (SSSR count). The van der Waals surface area contributed by atoms with E-state index in [9.17, 15) is 9.90 Å². The normalized spacial score (nSPS) is 22.3. The van der Waals surface area contributed by atoms with E-state index < -0.39 is 6.10 Å². The Hall–Kier alpha value is -1.30. The van der Waals surface area contributed by atoms with E-state index in [0.29, 0.717) is 30.3 Å². The van der Waals surface area contributed by atoms with E-state index >= 15 is 0 Å². The smallest absolute Gasteiger partial charge is 0.237 e. The molecule has 1 aromatic carbocycles. The number of aliphatic hydroxyl groups is 1. The maximum absolute atomic E-state index is 11.8. The van der Waals surface area contributed by atoms with Gasteiger partial charge in [0.15, 0.2) is 0 Å². The van der Waals surface area contributed by atoms with Gasteiger partial charge in [-0.3, -0.25) is 4.79 Å². The van der Waals surface area contributed by atoms with Crippen LogP contribution < -0.4 is 15.4 Å². The molecular weight excluding hydrogens is 268 g/mol. The minimum Gasteiger partial charge on any atom is -0.495 e. The van der Waals surface area contributed by atoms with E-state index in [-0.39, 0.29) is 11.9 Å². The van der Waals surface area contributed by atoms with Crippen LogP contribution in [0.15, 0.2) is 18.2 Å². The summed E-state index contributed by atoms with van der Waals surface area (Å²) in [6.45, 7) is 0.864. The number of hydrogen-bond donors (Lipinski definition) is 3. The molecule has 2 unspecified atom stereocenters. The average molecular weight is 285 g/mol. The van der Waals surface area contributed by atoms with E-state index in [1.807, 2.05) is 6.07 Å². The molecule has 104 valence electrons. The van der Waals surface area contributed by atoms with Crippen LogP contribution in [0.4, 0.5) is 0 Å².